The lowest BCUT2D eigenvalue weighted by molar-refractivity contribution is -0.132. The van der Waals surface area contributed by atoms with E-state index >= 15 is 0 Å². The monoisotopic (exact) mass is 306 g/mol. The average molecular weight is 307 g/mol. The first-order valence-corrected chi connectivity index (χ1v) is 7.87. The molecule has 1 aliphatic carbocycles. The van der Waals surface area contributed by atoms with Crippen LogP contribution in [0.25, 0.3) is 0 Å². The van der Waals surface area contributed by atoms with Gasteiger partial charge in [0.2, 0.25) is 0 Å². The number of hydrogen-bond acceptors (Lipinski definition) is 2. The second-order valence-electron chi connectivity index (χ2n) is 5.94. The molecule has 2 aliphatic rings. The summed E-state index contributed by atoms with van der Waals surface area (Å²) in [6.07, 6.45) is 5.80. The van der Waals surface area contributed by atoms with Crippen LogP contribution in [0.5, 0.6) is 0 Å². The molecule has 0 aromatic heterocycles. The maximum absolute atomic E-state index is 12.7. The maximum Gasteiger partial charge on any atom is 0.325 e. The third-order valence-electron chi connectivity index (χ3n) is 4.46. The lowest BCUT2D eigenvalue weighted by atomic mass is 9.90. The second kappa shape index (κ2) is 5.68. The first kappa shape index (κ1) is 14.4. The first-order chi connectivity index (χ1) is 10.1. The predicted octanol–water partition coefficient (Wildman–Crippen LogP) is 3.48. The molecule has 1 spiro atoms. The van der Waals surface area contributed by atoms with Gasteiger partial charge in [-0.2, -0.15) is 0 Å². The van der Waals surface area contributed by atoms with Crippen LogP contribution in [0, 0.1) is 0 Å². The summed E-state index contributed by atoms with van der Waals surface area (Å²) in [5.41, 5.74) is 0.258. The van der Waals surface area contributed by atoms with E-state index in [1.807, 2.05) is 12.1 Å². The van der Waals surface area contributed by atoms with Gasteiger partial charge in [-0.1, -0.05) is 49.4 Å². The van der Waals surface area contributed by atoms with E-state index in [1.54, 1.807) is 12.1 Å². The molecule has 0 atom stereocenters. The molecule has 1 heterocycles. The number of amides is 3. The van der Waals surface area contributed by atoms with Gasteiger partial charge >= 0.3 is 6.03 Å². The zero-order valence-corrected chi connectivity index (χ0v) is 12.7. The smallest absolute Gasteiger partial charge is 0.323 e. The van der Waals surface area contributed by atoms with Crippen LogP contribution in [0.3, 0.4) is 0 Å². The minimum absolute atomic E-state index is 0.0654. The predicted molar refractivity (Wildman–Crippen MR) is 81.0 cm³/mol. The van der Waals surface area contributed by atoms with E-state index < -0.39 is 5.54 Å². The molecule has 1 aliphatic heterocycles. The molecule has 1 saturated carbocycles. The Morgan fingerprint density at radius 3 is 2.29 bits per heavy atom. The summed E-state index contributed by atoms with van der Waals surface area (Å²) in [5, 5.41) is 3.60. The summed E-state index contributed by atoms with van der Waals surface area (Å²) in [4.78, 5) is 26.3. The highest BCUT2D eigenvalue weighted by Gasteiger charge is 2.50. The summed E-state index contributed by atoms with van der Waals surface area (Å²) in [6, 6.07) is 6.98. The van der Waals surface area contributed by atoms with E-state index in [4.69, 9.17) is 11.6 Å². The molecule has 1 N–H and O–H groups in total. The Hall–Kier alpha value is -1.55. The zero-order chi connectivity index (χ0) is 14.9. The Kier molecular flexibility index (Phi) is 3.89. The number of carbonyl (C=O) groups excluding carboxylic acids is 2. The van der Waals surface area contributed by atoms with Crippen molar-refractivity contribution in [3.63, 3.8) is 0 Å². The maximum atomic E-state index is 12.7. The van der Waals surface area contributed by atoms with Crippen LogP contribution in [-0.2, 0) is 11.3 Å². The Labute approximate surface area is 129 Å². The van der Waals surface area contributed by atoms with E-state index in [1.165, 1.54) is 4.90 Å². The van der Waals surface area contributed by atoms with Crippen molar-refractivity contribution in [3.8, 4) is 0 Å². The van der Waals surface area contributed by atoms with Gasteiger partial charge in [-0.05, 0) is 30.5 Å². The number of rotatable bonds is 2. The molecule has 5 heteroatoms. The van der Waals surface area contributed by atoms with Crippen molar-refractivity contribution < 1.29 is 9.59 Å². The number of benzene rings is 1. The molecular formula is C16H19ClN2O2. The minimum Gasteiger partial charge on any atom is -0.323 e. The van der Waals surface area contributed by atoms with Crippen molar-refractivity contribution >= 4 is 23.5 Å². The van der Waals surface area contributed by atoms with Gasteiger partial charge < -0.3 is 5.32 Å². The van der Waals surface area contributed by atoms with Gasteiger partial charge in [0.1, 0.15) is 5.54 Å². The van der Waals surface area contributed by atoms with Crippen LogP contribution < -0.4 is 5.32 Å². The van der Waals surface area contributed by atoms with Gasteiger partial charge in [-0.3, -0.25) is 9.69 Å². The van der Waals surface area contributed by atoms with Gasteiger partial charge in [-0.25, -0.2) is 4.79 Å². The van der Waals surface area contributed by atoms with Crippen LogP contribution in [0.15, 0.2) is 24.3 Å². The highest BCUT2D eigenvalue weighted by atomic mass is 35.5. The lowest BCUT2D eigenvalue weighted by Crippen LogP contribution is -2.46. The number of urea groups is 1. The Bertz CT molecular complexity index is 548. The van der Waals surface area contributed by atoms with Crippen molar-refractivity contribution in [2.24, 2.45) is 0 Å². The van der Waals surface area contributed by atoms with Crippen LogP contribution >= 0.6 is 11.6 Å². The molecule has 21 heavy (non-hydrogen) atoms. The van der Waals surface area contributed by atoms with Crippen LogP contribution in [0.4, 0.5) is 4.79 Å². The molecule has 4 nitrogen and oxygen atoms in total. The largest absolute Gasteiger partial charge is 0.325 e. The van der Waals surface area contributed by atoms with Crippen LogP contribution in [0.2, 0.25) is 5.02 Å². The molecule has 2 fully saturated rings. The van der Waals surface area contributed by atoms with Crippen molar-refractivity contribution in [1.29, 1.82) is 0 Å². The molecule has 3 rings (SSSR count). The van der Waals surface area contributed by atoms with E-state index in [2.05, 4.69) is 5.32 Å². The molecule has 112 valence electrons. The van der Waals surface area contributed by atoms with Crippen molar-refractivity contribution in [1.82, 2.24) is 10.2 Å². The van der Waals surface area contributed by atoms with Gasteiger partial charge in [0.05, 0.1) is 6.54 Å². The van der Waals surface area contributed by atoms with Crippen molar-refractivity contribution in [3.05, 3.63) is 34.9 Å². The van der Waals surface area contributed by atoms with Crippen LogP contribution in [-0.4, -0.2) is 22.4 Å². The summed E-state index contributed by atoms with van der Waals surface area (Å²) >= 11 is 5.86. The Balaban J connectivity index is 1.78. The number of nitrogens with zero attached hydrogens (tertiary/aromatic N) is 1. The van der Waals surface area contributed by atoms with Gasteiger partial charge in [0.15, 0.2) is 0 Å². The summed E-state index contributed by atoms with van der Waals surface area (Å²) in [5.74, 6) is -0.0654. The number of halogens is 1. The third-order valence-corrected chi connectivity index (χ3v) is 4.71. The molecule has 1 aromatic rings. The number of imide groups is 1. The lowest BCUT2D eigenvalue weighted by Gasteiger charge is -2.24. The van der Waals surface area contributed by atoms with Crippen molar-refractivity contribution in [2.75, 3.05) is 0 Å². The van der Waals surface area contributed by atoms with E-state index in [-0.39, 0.29) is 11.9 Å². The standard InChI is InChI=1S/C16H19ClN2O2/c17-13-7-5-12(6-8-13)11-19-14(20)16(18-15(19)21)9-3-1-2-4-10-16/h5-8H,1-4,9-11H2,(H,18,21). The molecule has 3 amide bonds. The van der Waals surface area contributed by atoms with E-state index in [0.717, 1.165) is 44.1 Å². The number of nitrogens with one attached hydrogen (secondary N) is 1. The molecule has 0 radical (unpaired) electrons. The fourth-order valence-electron chi connectivity index (χ4n) is 3.26. The number of hydrogen-bond donors (Lipinski definition) is 1. The molecule has 1 saturated heterocycles. The normalized spacial score (nSPS) is 21.5. The average Bonchev–Trinajstić information content (AvgIpc) is 2.64. The Morgan fingerprint density at radius 1 is 1.05 bits per heavy atom. The fourth-order valence-corrected chi connectivity index (χ4v) is 3.39. The number of carbonyl (C=O) groups is 2. The SMILES string of the molecule is O=C1NC2(CCCCCC2)C(=O)N1Cc1ccc(Cl)cc1. The summed E-state index contributed by atoms with van der Waals surface area (Å²) in [7, 11) is 0. The fraction of sp³-hybridized carbons (Fsp3) is 0.500. The quantitative estimate of drug-likeness (QED) is 0.850. The second-order valence-corrected chi connectivity index (χ2v) is 6.38. The van der Waals surface area contributed by atoms with Gasteiger partial charge in [-0.15, -0.1) is 0 Å². The zero-order valence-electron chi connectivity index (χ0n) is 11.9. The molecular weight excluding hydrogens is 288 g/mol. The highest BCUT2D eigenvalue weighted by Crippen LogP contribution is 2.33. The minimum atomic E-state index is -0.653. The molecule has 0 bridgehead atoms. The van der Waals surface area contributed by atoms with Gasteiger partial charge in [0, 0.05) is 5.02 Å². The van der Waals surface area contributed by atoms with E-state index in [0.29, 0.717) is 11.6 Å². The molecule has 0 unspecified atom stereocenters. The summed E-state index contributed by atoms with van der Waals surface area (Å²) < 4.78 is 0. The summed E-state index contributed by atoms with van der Waals surface area (Å²) in [6.45, 7) is 0.309. The first-order valence-electron chi connectivity index (χ1n) is 7.49. The van der Waals surface area contributed by atoms with Gasteiger partial charge in [0.25, 0.3) is 5.91 Å². The van der Waals surface area contributed by atoms with Crippen molar-refractivity contribution in [2.45, 2.75) is 50.6 Å². The van der Waals surface area contributed by atoms with E-state index in [9.17, 15) is 9.59 Å². The molecule has 1 aromatic carbocycles. The topological polar surface area (TPSA) is 49.4 Å². The highest BCUT2D eigenvalue weighted by molar-refractivity contribution is 6.30. The Morgan fingerprint density at radius 2 is 1.67 bits per heavy atom. The third kappa shape index (κ3) is 2.77. The van der Waals surface area contributed by atoms with Crippen LogP contribution in [0.1, 0.15) is 44.1 Å².